The Morgan fingerprint density at radius 2 is 2.09 bits per heavy atom. The average molecular weight is 329 g/mol. The molecule has 0 bridgehead atoms. The molecule has 1 aromatic carbocycles. The van der Waals surface area contributed by atoms with E-state index in [1.165, 1.54) is 11.5 Å². The van der Waals surface area contributed by atoms with E-state index in [2.05, 4.69) is 21.4 Å². The molecule has 1 fully saturated rings. The maximum Gasteiger partial charge on any atom is 0.162 e. The SMILES string of the molecule is N#Cc1c(Cl)nsc1N1CCCC1C(C#N)c1ccccc1. The van der Waals surface area contributed by atoms with Crippen molar-refractivity contribution in [2.75, 3.05) is 11.4 Å². The van der Waals surface area contributed by atoms with Gasteiger partial charge >= 0.3 is 0 Å². The summed E-state index contributed by atoms with van der Waals surface area (Å²) in [4.78, 5) is 2.13. The second kappa shape index (κ2) is 6.36. The van der Waals surface area contributed by atoms with Gasteiger partial charge in [0.2, 0.25) is 0 Å². The normalized spacial score (nSPS) is 18.7. The fraction of sp³-hybridized carbons (Fsp3) is 0.312. The summed E-state index contributed by atoms with van der Waals surface area (Å²) in [6.45, 7) is 0.822. The highest BCUT2D eigenvalue weighted by atomic mass is 35.5. The number of rotatable bonds is 3. The third-order valence-electron chi connectivity index (χ3n) is 3.99. The van der Waals surface area contributed by atoms with Crippen molar-refractivity contribution in [1.82, 2.24) is 4.37 Å². The van der Waals surface area contributed by atoms with E-state index >= 15 is 0 Å². The fourth-order valence-electron chi connectivity index (χ4n) is 2.99. The minimum atomic E-state index is -0.226. The third-order valence-corrected chi connectivity index (χ3v) is 5.25. The van der Waals surface area contributed by atoms with E-state index in [-0.39, 0.29) is 17.1 Å². The van der Waals surface area contributed by atoms with Crippen LogP contribution in [0.25, 0.3) is 0 Å². The third kappa shape index (κ3) is 2.54. The van der Waals surface area contributed by atoms with Crippen molar-refractivity contribution in [2.45, 2.75) is 24.8 Å². The van der Waals surface area contributed by atoms with Crippen molar-refractivity contribution in [1.29, 1.82) is 10.5 Å². The monoisotopic (exact) mass is 328 g/mol. The maximum absolute atomic E-state index is 9.66. The van der Waals surface area contributed by atoms with Gasteiger partial charge in [0.1, 0.15) is 16.6 Å². The van der Waals surface area contributed by atoms with Crippen molar-refractivity contribution >= 4 is 28.1 Å². The Kier molecular flexibility index (Phi) is 4.29. The Balaban J connectivity index is 1.96. The summed E-state index contributed by atoms with van der Waals surface area (Å²) in [6, 6.07) is 14.4. The zero-order valence-corrected chi connectivity index (χ0v) is 13.3. The first-order valence-electron chi connectivity index (χ1n) is 7.02. The molecule has 2 unspecified atom stereocenters. The van der Waals surface area contributed by atoms with Gasteiger partial charge in [-0.25, -0.2) is 0 Å². The summed E-state index contributed by atoms with van der Waals surface area (Å²) < 4.78 is 4.08. The Morgan fingerprint density at radius 1 is 1.32 bits per heavy atom. The number of benzene rings is 1. The topological polar surface area (TPSA) is 63.7 Å². The summed E-state index contributed by atoms with van der Waals surface area (Å²) in [6.07, 6.45) is 1.92. The number of halogens is 1. The number of hydrogen-bond donors (Lipinski definition) is 0. The van der Waals surface area contributed by atoms with E-state index in [0.29, 0.717) is 5.56 Å². The second-order valence-corrected chi connectivity index (χ2v) is 6.30. The van der Waals surface area contributed by atoms with Gasteiger partial charge in [-0.05, 0) is 29.9 Å². The molecule has 0 amide bonds. The van der Waals surface area contributed by atoms with E-state index in [9.17, 15) is 10.5 Å². The van der Waals surface area contributed by atoms with Crippen LogP contribution in [0.15, 0.2) is 30.3 Å². The lowest BCUT2D eigenvalue weighted by molar-refractivity contribution is 0.614. The van der Waals surface area contributed by atoms with Crippen LogP contribution in [-0.2, 0) is 0 Å². The highest BCUT2D eigenvalue weighted by Gasteiger charge is 2.35. The highest BCUT2D eigenvalue weighted by Crippen LogP contribution is 2.39. The van der Waals surface area contributed by atoms with E-state index < -0.39 is 0 Å². The number of aromatic nitrogens is 1. The van der Waals surface area contributed by atoms with Crippen LogP contribution in [0, 0.1) is 22.7 Å². The average Bonchev–Trinajstić information content (AvgIpc) is 3.15. The van der Waals surface area contributed by atoms with Crippen molar-refractivity contribution in [3.63, 3.8) is 0 Å². The quantitative estimate of drug-likeness (QED) is 0.856. The standard InChI is InChI=1S/C16H13ClN4S/c17-15-13(10-19)16(22-20-15)21-8-4-7-14(21)12(9-18)11-5-2-1-3-6-11/h1-3,5-6,12,14H,4,7-8H2. The van der Waals surface area contributed by atoms with Crippen molar-refractivity contribution < 1.29 is 0 Å². The van der Waals surface area contributed by atoms with Crippen LogP contribution in [0.5, 0.6) is 0 Å². The molecule has 6 heteroatoms. The maximum atomic E-state index is 9.66. The minimum Gasteiger partial charge on any atom is -0.356 e. The van der Waals surface area contributed by atoms with Gasteiger partial charge in [0, 0.05) is 12.6 Å². The van der Waals surface area contributed by atoms with Crippen molar-refractivity contribution in [2.24, 2.45) is 0 Å². The van der Waals surface area contributed by atoms with Crippen LogP contribution in [0.4, 0.5) is 5.00 Å². The summed E-state index contributed by atoms with van der Waals surface area (Å²) in [5, 5.41) is 20.0. The molecule has 4 nitrogen and oxygen atoms in total. The van der Waals surface area contributed by atoms with Crippen LogP contribution in [0.2, 0.25) is 5.15 Å². The molecule has 2 atom stereocenters. The molecule has 0 N–H and O–H groups in total. The van der Waals surface area contributed by atoms with Gasteiger partial charge < -0.3 is 4.90 Å². The lowest BCUT2D eigenvalue weighted by Crippen LogP contribution is -2.34. The van der Waals surface area contributed by atoms with E-state index in [0.717, 1.165) is 30.0 Å². The van der Waals surface area contributed by atoms with Gasteiger partial charge in [0.15, 0.2) is 5.15 Å². The van der Waals surface area contributed by atoms with Crippen molar-refractivity contribution in [3.05, 3.63) is 46.6 Å². The summed E-state index contributed by atoms with van der Waals surface area (Å²) in [5.74, 6) is -0.226. The number of nitrogens with zero attached hydrogens (tertiary/aromatic N) is 4. The molecular formula is C16H13ClN4S. The van der Waals surface area contributed by atoms with Crippen molar-refractivity contribution in [3.8, 4) is 12.1 Å². The molecule has 0 spiro atoms. The molecule has 2 aromatic rings. The Labute approximate surface area is 138 Å². The van der Waals surface area contributed by atoms with Gasteiger partial charge in [-0.15, -0.1) is 0 Å². The van der Waals surface area contributed by atoms with E-state index in [1.54, 1.807) is 0 Å². The molecule has 1 aromatic heterocycles. The van der Waals surface area contributed by atoms with E-state index in [1.807, 2.05) is 30.3 Å². The predicted octanol–water partition coefficient (Wildman–Crippen LogP) is 3.94. The first kappa shape index (κ1) is 14.8. The Bertz CT molecular complexity index is 744. The van der Waals surface area contributed by atoms with Crippen LogP contribution in [0.3, 0.4) is 0 Å². The molecule has 110 valence electrons. The molecule has 0 radical (unpaired) electrons. The first-order valence-corrected chi connectivity index (χ1v) is 8.18. The predicted molar refractivity (Wildman–Crippen MR) is 87.0 cm³/mol. The smallest absolute Gasteiger partial charge is 0.162 e. The molecule has 1 aliphatic rings. The van der Waals surface area contributed by atoms with Gasteiger partial charge in [-0.1, -0.05) is 41.9 Å². The zero-order chi connectivity index (χ0) is 15.5. The Hall–Kier alpha value is -2.08. The van der Waals surface area contributed by atoms with Gasteiger partial charge in [0.05, 0.1) is 12.0 Å². The summed E-state index contributed by atoms with van der Waals surface area (Å²) in [5.41, 5.74) is 1.43. The molecule has 1 saturated heterocycles. The molecule has 1 aliphatic heterocycles. The lowest BCUT2D eigenvalue weighted by atomic mass is 9.91. The molecule has 3 rings (SSSR count). The van der Waals surface area contributed by atoms with Crippen LogP contribution in [-0.4, -0.2) is 17.0 Å². The van der Waals surface area contributed by atoms with E-state index in [4.69, 9.17) is 11.6 Å². The Morgan fingerprint density at radius 3 is 2.77 bits per heavy atom. The molecule has 22 heavy (non-hydrogen) atoms. The first-order chi connectivity index (χ1) is 10.8. The van der Waals surface area contributed by atoms with Gasteiger partial charge in [-0.3, -0.25) is 0 Å². The molecule has 0 saturated carbocycles. The minimum absolute atomic E-state index is 0.0519. The van der Waals surface area contributed by atoms with Crippen LogP contribution in [0.1, 0.15) is 29.9 Å². The lowest BCUT2D eigenvalue weighted by Gasteiger charge is -2.28. The molecule has 2 heterocycles. The van der Waals surface area contributed by atoms with Crippen LogP contribution >= 0.6 is 23.1 Å². The second-order valence-electron chi connectivity index (χ2n) is 5.19. The number of hydrogen-bond acceptors (Lipinski definition) is 5. The molecular weight excluding hydrogens is 316 g/mol. The van der Waals surface area contributed by atoms with Crippen LogP contribution < -0.4 is 4.90 Å². The summed E-state index contributed by atoms with van der Waals surface area (Å²) in [7, 11) is 0. The van der Waals surface area contributed by atoms with Gasteiger partial charge in [-0.2, -0.15) is 14.9 Å². The number of anilines is 1. The number of nitriles is 2. The van der Waals surface area contributed by atoms with Gasteiger partial charge in [0.25, 0.3) is 0 Å². The summed E-state index contributed by atoms with van der Waals surface area (Å²) >= 11 is 7.22. The largest absolute Gasteiger partial charge is 0.356 e. The fourth-order valence-corrected chi connectivity index (χ4v) is 4.10. The molecule has 0 aliphatic carbocycles. The highest BCUT2D eigenvalue weighted by molar-refractivity contribution is 7.10. The zero-order valence-electron chi connectivity index (χ0n) is 11.7.